The minimum Gasteiger partial charge on any atom is -0.353 e. The minimum absolute atomic E-state index is 0.0869. The van der Waals surface area contributed by atoms with Crippen LogP contribution in [0.3, 0.4) is 0 Å². The zero-order valence-corrected chi connectivity index (χ0v) is 18.9. The van der Waals surface area contributed by atoms with Gasteiger partial charge in [0.1, 0.15) is 16.9 Å². The Morgan fingerprint density at radius 3 is 2.58 bits per heavy atom. The van der Waals surface area contributed by atoms with Gasteiger partial charge in [-0.15, -0.1) is 11.3 Å². The molecule has 1 aliphatic heterocycles. The number of hydrogen-bond acceptors (Lipinski definition) is 7. The zero-order chi connectivity index (χ0) is 23.4. The van der Waals surface area contributed by atoms with Crippen LogP contribution in [0.5, 0.6) is 0 Å². The number of nitrogens with zero attached hydrogens (tertiary/aromatic N) is 5. The van der Waals surface area contributed by atoms with Gasteiger partial charge < -0.3 is 9.80 Å². The smallest absolute Gasteiger partial charge is 0.353 e. The van der Waals surface area contributed by atoms with Crippen molar-refractivity contribution in [1.82, 2.24) is 14.9 Å². The van der Waals surface area contributed by atoms with Crippen molar-refractivity contribution in [3.8, 4) is 16.6 Å². The fourth-order valence-corrected chi connectivity index (χ4v) is 5.05. The highest BCUT2D eigenvalue weighted by Gasteiger charge is 2.36. The van der Waals surface area contributed by atoms with Crippen LogP contribution in [0.1, 0.15) is 11.1 Å². The van der Waals surface area contributed by atoms with Crippen LogP contribution in [0.4, 0.5) is 19.0 Å². The number of anilines is 1. The number of thioether (sulfide) groups is 1. The molecule has 4 rings (SSSR count). The summed E-state index contributed by atoms with van der Waals surface area (Å²) in [6.07, 6.45) is -3.00. The van der Waals surface area contributed by atoms with Gasteiger partial charge >= 0.3 is 6.18 Å². The van der Waals surface area contributed by atoms with E-state index in [1.54, 1.807) is 34.7 Å². The molecule has 0 unspecified atom stereocenters. The van der Waals surface area contributed by atoms with Crippen LogP contribution >= 0.6 is 23.1 Å². The molecule has 1 aliphatic rings. The third-order valence-corrected chi connectivity index (χ3v) is 6.97. The Balaban J connectivity index is 1.48. The van der Waals surface area contributed by atoms with Crippen LogP contribution in [0.25, 0.3) is 10.6 Å². The molecule has 170 valence electrons. The molecule has 1 fully saturated rings. The van der Waals surface area contributed by atoms with Crippen LogP contribution in [0.2, 0.25) is 0 Å². The lowest BCUT2D eigenvalue weighted by molar-refractivity contribution is -0.138. The second-order valence-corrected chi connectivity index (χ2v) is 9.08. The minimum atomic E-state index is -4.71. The number of hydrogen-bond donors (Lipinski definition) is 0. The highest BCUT2D eigenvalue weighted by atomic mass is 32.2. The van der Waals surface area contributed by atoms with Crippen molar-refractivity contribution in [1.29, 1.82) is 5.26 Å². The molecule has 6 nitrogen and oxygen atoms in total. The number of rotatable bonds is 5. The van der Waals surface area contributed by atoms with Crippen molar-refractivity contribution in [2.24, 2.45) is 0 Å². The van der Waals surface area contributed by atoms with Crippen LogP contribution < -0.4 is 4.90 Å². The number of thiophene rings is 1. The largest absolute Gasteiger partial charge is 0.417 e. The van der Waals surface area contributed by atoms with Crippen LogP contribution in [0, 0.1) is 11.3 Å². The third kappa shape index (κ3) is 5.29. The molecular formula is C22H18F3N5OS2. The summed E-state index contributed by atoms with van der Waals surface area (Å²) in [5.41, 5.74) is -1.46. The average molecular weight is 490 g/mol. The maximum atomic E-state index is 13.6. The second-order valence-electron chi connectivity index (χ2n) is 7.17. The summed E-state index contributed by atoms with van der Waals surface area (Å²) in [4.78, 5) is 25.7. The lowest BCUT2D eigenvalue weighted by Gasteiger charge is -2.35. The van der Waals surface area contributed by atoms with Gasteiger partial charge in [-0.25, -0.2) is 9.97 Å². The Kier molecular flexibility index (Phi) is 6.85. The van der Waals surface area contributed by atoms with E-state index in [9.17, 15) is 23.2 Å². The fraction of sp³-hybridized carbons (Fsp3) is 0.273. The van der Waals surface area contributed by atoms with Crippen molar-refractivity contribution in [3.63, 3.8) is 0 Å². The summed E-state index contributed by atoms with van der Waals surface area (Å²) in [6, 6.07) is 11.5. The molecule has 0 saturated carbocycles. The molecule has 3 aromatic heterocycles. The molecule has 1 saturated heterocycles. The van der Waals surface area contributed by atoms with Gasteiger partial charge in [-0.2, -0.15) is 18.4 Å². The van der Waals surface area contributed by atoms with Gasteiger partial charge in [-0.3, -0.25) is 4.79 Å². The van der Waals surface area contributed by atoms with Crippen LogP contribution in [-0.4, -0.2) is 52.7 Å². The molecule has 3 aromatic rings. The first-order chi connectivity index (χ1) is 15.9. The Labute approximate surface area is 196 Å². The predicted molar refractivity (Wildman–Crippen MR) is 121 cm³/mol. The van der Waals surface area contributed by atoms with E-state index in [2.05, 4.69) is 14.9 Å². The highest BCUT2D eigenvalue weighted by molar-refractivity contribution is 8.00. The molecule has 1 amide bonds. The monoisotopic (exact) mass is 489 g/mol. The van der Waals surface area contributed by atoms with Gasteiger partial charge in [0.15, 0.2) is 0 Å². The number of nitriles is 1. The van der Waals surface area contributed by atoms with E-state index in [0.717, 1.165) is 23.6 Å². The quantitative estimate of drug-likeness (QED) is 0.490. The van der Waals surface area contributed by atoms with Crippen molar-refractivity contribution in [3.05, 3.63) is 59.1 Å². The predicted octanol–water partition coefficient (Wildman–Crippen LogP) is 4.54. The number of amides is 1. The third-order valence-electron chi connectivity index (χ3n) is 5.12. The lowest BCUT2D eigenvalue weighted by atomic mass is 10.1. The van der Waals surface area contributed by atoms with Crippen LogP contribution in [0.15, 0.2) is 53.0 Å². The molecule has 0 spiro atoms. The molecular weight excluding hydrogens is 471 g/mol. The molecule has 0 N–H and O–H groups in total. The number of carbonyl (C=O) groups is 1. The topological polar surface area (TPSA) is 73.1 Å². The van der Waals surface area contributed by atoms with Crippen molar-refractivity contribution in [2.75, 3.05) is 36.8 Å². The van der Waals surface area contributed by atoms with E-state index in [-0.39, 0.29) is 22.4 Å². The summed E-state index contributed by atoms with van der Waals surface area (Å²) in [7, 11) is 0. The van der Waals surface area contributed by atoms with Gasteiger partial charge in [-0.1, -0.05) is 23.9 Å². The van der Waals surface area contributed by atoms with Crippen molar-refractivity contribution >= 4 is 34.8 Å². The average Bonchev–Trinajstić information content (AvgIpc) is 3.37. The Bertz CT molecular complexity index is 1160. The summed E-state index contributed by atoms with van der Waals surface area (Å²) in [5.74, 6) is 0.532. The van der Waals surface area contributed by atoms with Crippen molar-refractivity contribution < 1.29 is 18.0 Å². The fourth-order valence-electron chi connectivity index (χ4n) is 3.46. The molecule has 0 aliphatic carbocycles. The number of halogens is 3. The number of piperazine rings is 1. The molecule has 11 heteroatoms. The van der Waals surface area contributed by atoms with Crippen LogP contribution in [-0.2, 0) is 11.0 Å². The van der Waals surface area contributed by atoms with E-state index < -0.39 is 17.3 Å². The maximum Gasteiger partial charge on any atom is 0.417 e. The Morgan fingerprint density at radius 2 is 1.97 bits per heavy atom. The first kappa shape index (κ1) is 23.1. The SMILES string of the molecule is N#Cc1c(C(F)(F)F)cc(-c2cccs2)nc1SCC(=O)N1CCN(c2ccccn2)CC1. The van der Waals surface area contributed by atoms with Gasteiger partial charge in [-0.05, 0) is 29.6 Å². The lowest BCUT2D eigenvalue weighted by Crippen LogP contribution is -2.49. The van der Waals surface area contributed by atoms with Gasteiger partial charge in [0, 0.05) is 32.4 Å². The van der Waals surface area contributed by atoms with Crippen molar-refractivity contribution in [2.45, 2.75) is 11.2 Å². The number of carbonyl (C=O) groups excluding carboxylic acids is 1. The van der Waals surface area contributed by atoms with E-state index in [1.165, 1.54) is 11.3 Å². The summed E-state index contributed by atoms with van der Waals surface area (Å²) >= 11 is 2.12. The van der Waals surface area contributed by atoms with Gasteiger partial charge in [0.2, 0.25) is 5.91 Å². The van der Waals surface area contributed by atoms with Gasteiger partial charge in [0.25, 0.3) is 0 Å². The zero-order valence-electron chi connectivity index (χ0n) is 17.2. The standard InChI is InChI=1S/C22H18F3N5OS2/c23-22(24,25)16-12-17(18-4-3-11-32-18)28-21(15(16)13-26)33-14-20(31)30-9-7-29(8-10-30)19-5-1-2-6-27-19/h1-6,11-12H,7-10,14H2. The van der Waals surface area contributed by atoms with Gasteiger partial charge in [0.05, 0.1) is 27.5 Å². The molecule has 0 radical (unpaired) electrons. The number of alkyl halides is 3. The Hall–Kier alpha value is -3.10. The Morgan fingerprint density at radius 1 is 1.18 bits per heavy atom. The summed E-state index contributed by atoms with van der Waals surface area (Å²) < 4.78 is 40.9. The maximum absolute atomic E-state index is 13.6. The molecule has 0 aromatic carbocycles. The number of pyridine rings is 2. The van der Waals surface area contributed by atoms with E-state index >= 15 is 0 Å². The molecule has 33 heavy (non-hydrogen) atoms. The molecule has 4 heterocycles. The first-order valence-corrected chi connectivity index (χ1v) is 11.9. The summed E-state index contributed by atoms with van der Waals surface area (Å²) in [6.45, 7) is 2.19. The number of aromatic nitrogens is 2. The normalized spacial score (nSPS) is 14.2. The van der Waals surface area contributed by atoms with E-state index in [0.29, 0.717) is 31.1 Å². The molecule has 0 bridgehead atoms. The second kappa shape index (κ2) is 9.80. The van der Waals surface area contributed by atoms with E-state index in [1.807, 2.05) is 18.2 Å². The summed E-state index contributed by atoms with van der Waals surface area (Å²) in [5, 5.41) is 11.1. The molecule has 0 atom stereocenters. The van der Waals surface area contributed by atoms with E-state index in [4.69, 9.17) is 0 Å². The highest BCUT2D eigenvalue weighted by Crippen LogP contribution is 2.38. The first-order valence-electron chi connectivity index (χ1n) is 9.99.